The van der Waals surface area contributed by atoms with Gasteiger partial charge in [0.05, 0.1) is 30.7 Å². The van der Waals surface area contributed by atoms with Crippen molar-refractivity contribution >= 4 is 36.4 Å². The summed E-state index contributed by atoms with van der Waals surface area (Å²) in [5.74, 6) is 0.0104. The molecule has 0 saturated heterocycles. The minimum atomic E-state index is -0.0728. The van der Waals surface area contributed by atoms with Crippen molar-refractivity contribution in [2.24, 2.45) is 11.7 Å². The van der Waals surface area contributed by atoms with Crippen molar-refractivity contribution < 1.29 is 9.53 Å². The van der Waals surface area contributed by atoms with E-state index in [1.165, 1.54) is 0 Å². The number of nitrogens with two attached hydrogens (primary N) is 1. The van der Waals surface area contributed by atoms with Gasteiger partial charge in [-0.15, -0.1) is 24.8 Å². The van der Waals surface area contributed by atoms with Crippen LogP contribution in [0.5, 0.6) is 0 Å². The molecule has 0 radical (unpaired) electrons. The van der Waals surface area contributed by atoms with Crippen molar-refractivity contribution in [2.45, 2.75) is 38.0 Å². The average molecular weight is 376 g/mol. The van der Waals surface area contributed by atoms with Gasteiger partial charge in [0, 0.05) is 31.5 Å². The van der Waals surface area contributed by atoms with Gasteiger partial charge in [-0.2, -0.15) is 0 Å². The number of carbonyl (C=O) groups is 1. The van der Waals surface area contributed by atoms with Gasteiger partial charge in [0.15, 0.2) is 5.65 Å². The molecule has 3 atom stereocenters. The summed E-state index contributed by atoms with van der Waals surface area (Å²) in [7, 11) is 1.67. The summed E-state index contributed by atoms with van der Waals surface area (Å²) in [6.07, 6.45) is 9.36. The topological polar surface area (TPSA) is 94.5 Å². The fourth-order valence-corrected chi connectivity index (χ4v) is 3.06. The normalized spacial score (nSPS) is 23.2. The van der Waals surface area contributed by atoms with Crippen LogP contribution in [-0.2, 0) is 16.1 Å². The fraction of sp³-hybridized carbons (Fsp3) is 0.533. The quantitative estimate of drug-likeness (QED) is 0.840. The van der Waals surface area contributed by atoms with Crippen LogP contribution in [0.1, 0.15) is 25.0 Å². The summed E-state index contributed by atoms with van der Waals surface area (Å²) in [4.78, 5) is 20.6. The van der Waals surface area contributed by atoms with Gasteiger partial charge in [-0.3, -0.25) is 14.2 Å². The number of fused-ring (bicyclic) bond motifs is 1. The second kappa shape index (κ2) is 9.17. The molecular weight excluding hydrogens is 353 g/mol. The number of nitrogens with zero attached hydrogens (tertiary/aromatic N) is 3. The molecule has 0 unspecified atom stereocenters. The number of rotatable bonds is 4. The molecular formula is C15H23Cl2N5O2. The number of carbonyl (C=O) groups excluding carboxylic acids is 1. The maximum Gasteiger partial charge on any atom is 0.223 e. The van der Waals surface area contributed by atoms with E-state index < -0.39 is 0 Å². The molecule has 1 aliphatic rings. The Morgan fingerprint density at radius 2 is 2.21 bits per heavy atom. The van der Waals surface area contributed by atoms with E-state index in [0.717, 1.165) is 24.2 Å². The van der Waals surface area contributed by atoms with Crippen molar-refractivity contribution in [3.8, 4) is 0 Å². The van der Waals surface area contributed by atoms with E-state index in [-0.39, 0.29) is 48.8 Å². The lowest BCUT2D eigenvalue weighted by atomic mass is 9.83. The monoisotopic (exact) mass is 375 g/mol. The number of imidazole rings is 1. The van der Waals surface area contributed by atoms with Crippen LogP contribution in [0, 0.1) is 5.92 Å². The predicted molar refractivity (Wildman–Crippen MR) is 95.4 cm³/mol. The van der Waals surface area contributed by atoms with E-state index in [0.29, 0.717) is 13.0 Å². The number of hydrogen-bond donors (Lipinski definition) is 2. The zero-order valence-corrected chi connectivity index (χ0v) is 15.1. The Morgan fingerprint density at radius 1 is 1.42 bits per heavy atom. The standard InChI is InChI=1S/C15H21N5O2.2ClH/c1-22-13-3-2-10(6-12(13)16)15(21)19-8-11-7-18-14-9-17-4-5-20(11)14;;/h4-5,7,9-10,12-13H,2-3,6,8,16H2,1H3,(H,19,21);2*1H/t10-,12+,13+;;/m0../s1. The largest absolute Gasteiger partial charge is 0.380 e. The molecule has 1 fully saturated rings. The van der Waals surface area contributed by atoms with Gasteiger partial charge in [-0.25, -0.2) is 4.98 Å². The van der Waals surface area contributed by atoms with Gasteiger partial charge in [0.2, 0.25) is 5.91 Å². The molecule has 0 aromatic carbocycles. The van der Waals surface area contributed by atoms with E-state index in [2.05, 4.69) is 15.3 Å². The first-order valence-corrected chi connectivity index (χ1v) is 7.51. The molecule has 0 spiro atoms. The molecule has 2 aromatic heterocycles. The molecule has 1 aliphatic carbocycles. The Bertz CT molecular complexity index is 666. The lowest BCUT2D eigenvalue weighted by Gasteiger charge is -2.32. The highest BCUT2D eigenvalue weighted by Crippen LogP contribution is 2.25. The molecule has 3 N–H and O–H groups in total. The van der Waals surface area contributed by atoms with E-state index in [4.69, 9.17) is 10.5 Å². The van der Waals surface area contributed by atoms with E-state index >= 15 is 0 Å². The van der Waals surface area contributed by atoms with E-state index in [1.807, 2.05) is 10.6 Å². The van der Waals surface area contributed by atoms with Gasteiger partial charge in [0.25, 0.3) is 0 Å². The number of halogens is 2. The van der Waals surface area contributed by atoms with Crippen molar-refractivity contribution in [2.75, 3.05) is 7.11 Å². The SMILES string of the molecule is CO[C@@H]1CC[C@H](C(=O)NCc2cnc3cnccn23)C[C@H]1N.Cl.Cl. The molecule has 2 heterocycles. The highest BCUT2D eigenvalue weighted by atomic mass is 35.5. The second-order valence-electron chi connectivity index (χ2n) is 5.72. The Balaban J connectivity index is 0.00000144. The maximum absolute atomic E-state index is 12.3. The molecule has 24 heavy (non-hydrogen) atoms. The lowest BCUT2D eigenvalue weighted by Crippen LogP contribution is -2.45. The predicted octanol–water partition coefficient (Wildman–Crippen LogP) is 1.33. The molecule has 2 aromatic rings. The minimum Gasteiger partial charge on any atom is -0.380 e. The summed E-state index contributed by atoms with van der Waals surface area (Å²) in [5.41, 5.74) is 7.76. The van der Waals surface area contributed by atoms with Crippen molar-refractivity contribution in [1.29, 1.82) is 0 Å². The Labute approximate surface area is 153 Å². The Kier molecular flexibility index (Phi) is 7.89. The van der Waals surface area contributed by atoms with Crippen LogP contribution in [0.2, 0.25) is 0 Å². The molecule has 9 heteroatoms. The summed E-state index contributed by atoms with van der Waals surface area (Å²) in [6.45, 7) is 0.448. The van der Waals surface area contributed by atoms with Gasteiger partial charge in [0.1, 0.15) is 0 Å². The number of aromatic nitrogens is 3. The van der Waals surface area contributed by atoms with Crippen LogP contribution in [-0.4, -0.2) is 39.5 Å². The first-order valence-electron chi connectivity index (χ1n) is 7.51. The van der Waals surface area contributed by atoms with Gasteiger partial charge in [-0.05, 0) is 19.3 Å². The Hall–Kier alpha value is -1.41. The number of methoxy groups -OCH3 is 1. The summed E-state index contributed by atoms with van der Waals surface area (Å²) >= 11 is 0. The summed E-state index contributed by atoms with van der Waals surface area (Å²) in [5, 5.41) is 2.98. The molecule has 134 valence electrons. The number of amides is 1. The second-order valence-corrected chi connectivity index (χ2v) is 5.72. The molecule has 7 nitrogen and oxygen atoms in total. The van der Waals surface area contributed by atoms with Crippen LogP contribution in [0.25, 0.3) is 5.65 Å². The van der Waals surface area contributed by atoms with Gasteiger partial charge in [-0.1, -0.05) is 0 Å². The van der Waals surface area contributed by atoms with Crippen LogP contribution in [0.15, 0.2) is 24.8 Å². The first kappa shape index (κ1) is 20.6. The molecule has 0 bridgehead atoms. The Morgan fingerprint density at radius 3 is 2.92 bits per heavy atom. The molecule has 3 rings (SSSR count). The third-order valence-electron chi connectivity index (χ3n) is 4.35. The highest BCUT2D eigenvalue weighted by Gasteiger charge is 2.31. The van der Waals surface area contributed by atoms with Crippen LogP contribution < -0.4 is 11.1 Å². The number of nitrogens with one attached hydrogen (secondary N) is 1. The van der Waals surface area contributed by atoms with Gasteiger partial charge >= 0.3 is 0 Å². The number of ether oxygens (including phenoxy) is 1. The van der Waals surface area contributed by atoms with Crippen LogP contribution >= 0.6 is 24.8 Å². The van der Waals surface area contributed by atoms with Crippen LogP contribution in [0.3, 0.4) is 0 Å². The zero-order chi connectivity index (χ0) is 15.5. The summed E-state index contributed by atoms with van der Waals surface area (Å²) < 4.78 is 7.24. The van der Waals surface area contributed by atoms with Crippen LogP contribution in [0.4, 0.5) is 0 Å². The third-order valence-corrected chi connectivity index (χ3v) is 4.35. The molecule has 1 amide bonds. The first-order chi connectivity index (χ1) is 10.7. The summed E-state index contributed by atoms with van der Waals surface area (Å²) in [6, 6.07) is -0.0728. The van der Waals surface area contributed by atoms with E-state index in [1.54, 1.807) is 25.7 Å². The minimum absolute atomic E-state index is 0. The number of hydrogen-bond acceptors (Lipinski definition) is 5. The molecule has 1 saturated carbocycles. The van der Waals surface area contributed by atoms with Gasteiger partial charge < -0.3 is 15.8 Å². The maximum atomic E-state index is 12.3. The van der Waals surface area contributed by atoms with Crippen molar-refractivity contribution in [3.63, 3.8) is 0 Å². The highest BCUT2D eigenvalue weighted by molar-refractivity contribution is 5.85. The molecule has 0 aliphatic heterocycles. The van der Waals surface area contributed by atoms with Crippen molar-refractivity contribution in [1.82, 2.24) is 19.7 Å². The smallest absolute Gasteiger partial charge is 0.223 e. The average Bonchev–Trinajstić information content (AvgIpc) is 2.95. The van der Waals surface area contributed by atoms with Crippen molar-refractivity contribution in [3.05, 3.63) is 30.5 Å². The lowest BCUT2D eigenvalue weighted by molar-refractivity contribution is -0.127. The zero-order valence-electron chi connectivity index (χ0n) is 13.4. The fourth-order valence-electron chi connectivity index (χ4n) is 3.06. The van der Waals surface area contributed by atoms with E-state index in [9.17, 15) is 4.79 Å². The third kappa shape index (κ3) is 4.36.